The third kappa shape index (κ3) is 2.33. The van der Waals surface area contributed by atoms with E-state index in [9.17, 15) is 4.79 Å². The lowest BCUT2D eigenvalue weighted by Crippen LogP contribution is -2.42. The largest absolute Gasteiger partial charge is 0.464 e. The summed E-state index contributed by atoms with van der Waals surface area (Å²) in [6.45, 7) is 3.07. The fraction of sp³-hybridized carbons (Fsp3) is 0.526. The van der Waals surface area contributed by atoms with Gasteiger partial charge >= 0.3 is 0 Å². The monoisotopic (exact) mass is 297 g/mol. The second kappa shape index (κ2) is 5.45. The molecule has 1 atom stereocenters. The number of furan rings is 1. The van der Waals surface area contributed by atoms with E-state index in [2.05, 4.69) is 24.0 Å². The van der Waals surface area contributed by atoms with Crippen molar-refractivity contribution in [3.63, 3.8) is 0 Å². The van der Waals surface area contributed by atoms with Crippen LogP contribution in [-0.4, -0.2) is 23.4 Å². The molecule has 0 spiro atoms. The van der Waals surface area contributed by atoms with E-state index in [1.54, 1.807) is 6.26 Å². The molecule has 1 aliphatic heterocycles. The molecule has 2 aliphatic rings. The number of hydrogen-bond acceptors (Lipinski definition) is 2. The Kier molecular flexibility index (Phi) is 3.44. The number of benzene rings is 1. The summed E-state index contributed by atoms with van der Waals surface area (Å²) in [5, 5.41) is 1.14. The Bertz CT molecular complexity index is 716. The number of fused-ring (bicyclic) bond motifs is 2. The highest BCUT2D eigenvalue weighted by molar-refractivity contribution is 5.88. The molecule has 3 nitrogen and oxygen atoms in total. The molecule has 1 aliphatic carbocycles. The Balaban J connectivity index is 1.60. The predicted octanol–water partition coefficient (Wildman–Crippen LogP) is 3.87. The fourth-order valence-corrected chi connectivity index (χ4v) is 4.02. The summed E-state index contributed by atoms with van der Waals surface area (Å²) in [5.74, 6) is 0.246. The van der Waals surface area contributed by atoms with Gasteiger partial charge in [0.25, 0.3) is 0 Å². The van der Waals surface area contributed by atoms with Crippen LogP contribution in [0.1, 0.15) is 49.3 Å². The molecular weight excluding hydrogens is 274 g/mol. The minimum absolute atomic E-state index is 0.246. The maximum Gasteiger partial charge on any atom is 0.227 e. The van der Waals surface area contributed by atoms with Gasteiger partial charge in [0.05, 0.1) is 12.7 Å². The first-order chi connectivity index (χ1) is 10.7. The fourth-order valence-electron chi connectivity index (χ4n) is 4.02. The van der Waals surface area contributed by atoms with Gasteiger partial charge in [0.1, 0.15) is 5.58 Å². The van der Waals surface area contributed by atoms with Crippen LogP contribution < -0.4 is 0 Å². The molecule has 0 bridgehead atoms. The Morgan fingerprint density at radius 3 is 2.86 bits per heavy atom. The van der Waals surface area contributed by atoms with Gasteiger partial charge in [0.15, 0.2) is 0 Å². The third-order valence-electron chi connectivity index (χ3n) is 5.33. The van der Waals surface area contributed by atoms with Gasteiger partial charge in [0.2, 0.25) is 5.91 Å². The second-order valence-electron chi connectivity index (χ2n) is 6.84. The molecule has 3 heteroatoms. The van der Waals surface area contributed by atoms with Crippen LogP contribution >= 0.6 is 0 Å². The van der Waals surface area contributed by atoms with Crippen molar-refractivity contribution in [3.8, 4) is 0 Å². The average Bonchev–Trinajstić information content (AvgIpc) is 3.12. The molecule has 22 heavy (non-hydrogen) atoms. The zero-order chi connectivity index (χ0) is 15.1. The van der Waals surface area contributed by atoms with Crippen molar-refractivity contribution in [3.05, 3.63) is 35.1 Å². The van der Waals surface area contributed by atoms with Crippen LogP contribution in [0.5, 0.6) is 0 Å². The molecule has 116 valence electrons. The number of carbonyl (C=O) groups is 1. The molecule has 1 fully saturated rings. The number of carbonyl (C=O) groups excluding carboxylic acids is 1. The maximum absolute atomic E-state index is 12.6. The lowest BCUT2D eigenvalue weighted by atomic mass is 10.0. The quantitative estimate of drug-likeness (QED) is 0.843. The van der Waals surface area contributed by atoms with Crippen molar-refractivity contribution in [2.24, 2.45) is 0 Å². The van der Waals surface area contributed by atoms with Gasteiger partial charge in [-0.15, -0.1) is 0 Å². The lowest BCUT2D eigenvalue weighted by molar-refractivity contribution is -0.133. The number of likely N-dealkylation sites (tertiary alicyclic amines) is 1. The summed E-state index contributed by atoms with van der Waals surface area (Å²) < 4.78 is 5.72. The molecule has 0 radical (unpaired) electrons. The summed E-state index contributed by atoms with van der Waals surface area (Å²) in [7, 11) is 0. The highest BCUT2D eigenvalue weighted by Crippen LogP contribution is 2.31. The lowest BCUT2D eigenvalue weighted by Gasteiger charge is -2.33. The van der Waals surface area contributed by atoms with Crippen molar-refractivity contribution >= 4 is 16.9 Å². The SMILES string of the molecule is C[C@@H]1CCCCN1C(=O)Cc1coc2cc3c(cc12)CCC3. The highest BCUT2D eigenvalue weighted by atomic mass is 16.3. The molecule has 2 aromatic rings. The van der Waals surface area contributed by atoms with Crippen molar-refractivity contribution in [1.29, 1.82) is 0 Å². The molecule has 0 N–H and O–H groups in total. The van der Waals surface area contributed by atoms with Crippen LogP contribution in [0.25, 0.3) is 11.0 Å². The van der Waals surface area contributed by atoms with E-state index in [-0.39, 0.29) is 5.91 Å². The van der Waals surface area contributed by atoms with Gasteiger partial charge in [0, 0.05) is 23.5 Å². The van der Waals surface area contributed by atoms with Gasteiger partial charge < -0.3 is 9.32 Å². The van der Waals surface area contributed by atoms with E-state index in [1.807, 2.05) is 0 Å². The van der Waals surface area contributed by atoms with Gasteiger partial charge in [-0.2, -0.15) is 0 Å². The number of piperidine rings is 1. The van der Waals surface area contributed by atoms with E-state index in [4.69, 9.17) is 4.42 Å². The average molecular weight is 297 g/mol. The van der Waals surface area contributed by atoms with Gasteiger partial charge in [-0.1, -0.05) is 0 Å². The summed E-state index contributed by atoms with van der Waals surface area (Å²) >= 11 is 0. The molecule has 0 unspecified atom stereocenters. The summed E-state index contributed by atoms with van der Waals surface area (Å²) in [6.07, 6.45) is 9.31. The molecule has 1 amide bonds. The normalized spacial score (nSPS) is 21.3. The van der Waals surface area contributed by atoms with Crippen LogP contribution in [-0.2, 0) is 24.1 Å². The van der Waals surface area contributed by atoms with Crippen LogP contribution in [0.3, 0.4) is 0 Å². The molecule has 1 aromatic carbocycles. The van der Waals surface area contributed by atoms with Crippen LogP contribution in [0.2, 0.25) is 0 Å². The molecular formula is C19H23NO2. The number of rotatable bonds is 2. The first kappa shape index (κ1) is 13.9. The van der Waals surface area contributed by atoms with Crippen molar-refractivity contribution < 1.29 is 9.21 Å². The van der Waals surface area contributed by atoms with E-state index in [0.29, 0.717) is 12.5 Å². The predicted molar refractivity (Wildman–Crippen MR) is 87.0 cm³/mol. The molecule has 1 saturated heterocycles. The van der Waals surface area contributed by atoms with E-state index in [0.717, 1.165) is 48.8 Å². The Morgan fingerprint density at radius 1 is 1.23 bits per heavy atom. The maximum atomic E-state index is 12.6. The highest BCUT2D eigenvalue weighted by Gasteiger charge is 2.24. The van der Waals surface area contributed by atoms with E-state index in [1.165, 1.54) is 24.0 Å². The van der Waals surface area contributed by atoms with E-state index >= 15 is 0 Å². The Hall–Kier alpha value is -1.77. The topological polar surface area (TPSA) is 33.5 Å². The zero-order valence-electron chi connectivity index (χ0n) is 13.2. The van der Waals surface area contributed by atoms with E-state index < -0.39 is 0 Å². The Labute approximate surface area is 131 Å². The molecule has 0 saturated carbocycles. The Morgan fingerprint density at radius 2 is 2.05 bits per heavy atom. The summed E-state index contributed by atoms with van der Waals surface area (Å²) in [4.78, 5) is 14.7. The zero-order valence-corrected chi connectivity index (χ0v) is 13.2. The van der Waals surface area contributed by atoms with Crippen LogP contribution in [0.15, 0.2) is 22.8 Å². The molecule has 4 rings (SSSR count). The minimum Gasteiger partial charge on any atom is -0.464 e. The standard InChI is InChI=1S/C19H23NO2/c1-13-5-2-3-8-20(13)19(21)11-16-12-22-18-10-15-7-4-6-14(15)9-17(16)18/h9-10,12-13H,2-8,11H2,1H3/t13-/m1/s1. The van der Waals surface area contributed by atoms with Gasteiger partial charge in [-0.25, -0.2) is 0 Å². The number of amides is 1. The first-order valence-corrected chi connectivity index (χ1v) is 8.54. The summed E-state index contributed by atoms with van der Waals surface area (Å²) in [5.41, 5.74) is 4.85. The second-order valence-corrected chi connectivity index (χ2v) is 6.84. The number of aryl methyl sites for hydroxylation is 2. The van der Waals surface area contributed by atoms with Crippen LogP contribution in [0, 0.1) is 0 Å². The van der Waals surface area contributed by atoms with Crippen LogP contribution in [0.4, 0.5) is 0 Å². The summed E-state index contributed by atoms with van der Waals surface area (Å²) in [6, 6.07) is 4.81. The minimum atomic E-state index is 0.246. The van der Waals surface area contributed by atoms with Crippen molar-refractivity contribution in [2.75, 3.05) is 6.54 Å². The smallest absolute Gasteiger partial charge is 0.227 e. The number of hydrogen-bond donors (Lipinski definition) is 0. The molecule has 2 heterocycles. The van der Waals surface area contributed by atoms with Gasteiger partial charge in [-0.05, 0) is 68.7 Å². The van der Waals surface area contributed by atoms with Crippen molar-refractivity contribution in [2.45, 2.75) is 57.9 Å². The van der Waals surface area contributed by atoms with Gasteiger partial charge in [-0.3, -0.25) is 4.79 Å². The third-order valence-corrected chi connectivity index (χ3v) is 5.33. The number of nitrogens with zero attached hydrogens (tertiary/aromatic N) is 1. The molecule has 1 aromatic heterocycles. The first-order valence-electron chi connectivity index (χ1n) is 8.54. The van der Waals surface area contributed by atoms with Crippen molar-refractivity contribution in [1.82, 2.24) is 4.90 Å².